The first-order valence-corrected chi connectivity index (χ1v) is 10.6. The van der Waals surface area contributed by atoms with E-state index in [2.05, 4.69) is 4.98 Å². The van der Waals surface area contributed by atoms with Crippen LogP contribution in [0.3, 0.4) is 0 Å². The molecule has 1 aromatic heterocycles. The Bertz CT molecular complexity index is 1010. The van der Waals surface area contributed by atoms with E-state index in [9.17, 15) is 18.8 Å². The summed E-state index contributed by atoms with van der Waals surface area (Å²) in [6, 6.07) is 9.66. The molecule has 2 fully saturated rings. The average molecular weight is 425 g/mol. The zero-order valence-electron chi connectivity index (χ0n) is 16.2. The van der Waals surface area contributed by atoms with Gasteiger partial charge < -0.3 is 4.90 Å². The summed E-state index contributed by atoms with van der Waals surface area (Å²) in [6.45, 7) is 0.246. The summed E-state index contributed by atoms with van der Waals surface area (Å²) in [5, 5.41) is -0.522. The zero-order chi connectivity index (χ0) is 21.1. The number of piperidine rings is 1. The van der Waals surface area contributed by atoms with Gasteiger partial charge in [-0.1, -0.05) is 24.3 Å². The molecule has 3 heterocycles. The predicted octanol–water partition coefficient (Wildman–Crippen LogP) is 4.01. The molecule has 2 aliphatic heterocycles. The number of likely N-dealkylation sites (tertiary alicyclic amines) is 1. The SMILES string of the molecule is O=C1SC(=Cc2ccccc2F)C(=O)N1CC(=O)N1CCCCC1c1cccnc1. The fraction of sp³-hybridized carbons (Fsp3) is 0.273. The number of imide groups is 1. The summed E-state index contributed by atoms with van der Waals surface area (Å²) in [4.78, 5) is 45.0. The molecule has 0 saturated carbocycles. The van der Waals surface area contributed by atoms with Gasteiger partial charge in [-0.2, -0.15) is 0 Å². The van der Waals surface area contributed by atoms with Gasteiger partial charge in [0, 0.05) is 24.5 Å². The van der Waals surface area contributed by atoms with Crippen LogP contribution in [0.5, 0.6) is 0 Å². The predicted molar refractivity (Wildman–Crippen MR) is 112 cm³/mol. The maximum Gasteiger partial charge on any atom is 0.294 e. The number of aromatic nitrogens is 1. The summed E-state index contributed by atoms with van der Waals surface area (Å²) in [7, 11) is 0. The highest BCUT2D eigenvalue weighted by molar-refractivity contribution is 8.18. The average Bonchev–Trinajstić information content (AvgIpc) is 3.03. The molecule has 0 bridgehead atoms. The number of amides is 3. The van der Waals surface area contributed by atoms with Gasteiger partial charge >= 0.3 is 0 Å². The van der Waals surface area contributed by atoms with Crippen molar-refractivity contribution < 1.29 is 18.8 Å². The number of pyridine rings is 1. The van der Waals surface area contributed by atoms with Gasteiger partial charge in [-0.3, -0.25) is 24.3 Å². The molecule has 2 saturated heterocycles. The summed E-state index contributed by atoms with van der Waals surface area (Å²) >= 11 is 0.722. The highest BCUT2D eigenvalue weighted by Gasteiger charge is 2.38. The Kier molecular flexibility index (Phi) is 5.94. The Labute approximate surface area is 177 Å². The summed E-state index contributed by atoms with van der Waals surface area (Å²) in [6.07, 6.45) is 7.46. The van der Waals surface area contributed by atoms with Gasteiger partial charge in [0.2, 0.25) is 5.91 Å². The number of hydrogen-bond donors (Lipinski definition) is 0. The van der Waals surface area contributed by atoms with E-state index in [4.69, 9.17) is 0 Å². The highest BCUT2D eigenvalue weighted by atomic mass is 32.2. The van der Waals surface area contributed by atoms with Crippen molar-refractivity contribution >= 4 is 34.9 Å². The van der Waals surface area contributed by atoms with Gasteiger partial charge in [0.15, 0.2) is 0 Å². The Hall–Kier alpha value is -3.00. The summed E-state index contributed by atoms with van der Waals surface area (Å²) in [5.41, 5.74) is 1.17. The summed E-state index contributed by atoms with van der Waals surface area (Å²) < 4.78 is 13.9. The minimum Gasteiger partial charge on any atom is -0.334 e. The fourth-order valence-corrected chi connectivity index (χ4v) is 4.57. The van der Waals surface area contributed by atoms with Crippen molar-refractivity contribution in [1.29, 1.82) is 0 Å². The van der Waals surface area contributed by atoms with Crippen molar-refractivity contribution in [2.24, 2.45) is 0 Å². The van der Waals surface area contributed by atoms with Gasteiger partial charge in [-0.15, -0.1) is 0 Å². The van der Waals surface area contributed by atoms with Gasteiger partial charge in [0.25, 0.3) is 11.1 Å². The third kappa shape index (κ3) is 4.14. The number of carbonyl (C=O) groups is 3. The molecule has 4 rings (SSSR count). The first-order valence-electron chi connectivity index (χ1n) is 9.74. The van der Waals surface area contributed by atoms with Crippen molar-refractivity contribution in [3.05, 3.63) is 70.6 Å². The number of thioether (sulfide) groups is 1. The number of carbonyl (C=O) groups excluding carboxylic acids is 3. The smallest absolute Gasteiger partial charge is 0.294 e. The number of hydrogen-bond acceptors (Lipinski definition) is 5. The van der Waals surface area contributed by atoms with Crippen molar-refractivity contribution in [1.82, 2.24) is 14.8 Å². The van der Waals surface area contributed by atoms with E-state index in [1.807, 2.05) is 12.1 Å². The lowest BCUT2D eigenvalue weighted by atomic mass is 9.96. The molecule has 2 aliphatic rings. The van der Waals surface area contributed by atoms with E-state index in [1.165, 1.54) is 18.2 Å². The molecular weight excluding hydrogens is 405 g/mol. The van der Waals surface area contributed by atoms with Crippen LogP contribution < -0.4 is 0 Å². The van der Waals surface area contributed by atoms with Crippen molar-refractivity contribution in [3.63, 3.8) is 0 Å². The normalized spacial score (nSPS) is 20.8. The number of rotatable bonds is 4. The first-order chi connectivity index (χ1) is 14.5. The van der Waals surface area contributed by atoms with E-state index in [1.54, 1.807) is 29.4 Å². The minimum atomic E-state index is -0.573. The van der Waals surface area contributed by atoms with E-state index >= 15 is 0 Å². The van der Waals surface area contributed by atoms with Crippen LogP contribution in [-0.2, 0) is 9.59 Å². The molecule has 1 unspecified atom stereocenters. The quantitative estimate of drug-likeness (QED) is 0.693. The number of benzene rings is 1. The lowest BCUT2D eigenvalue weighted by Gasteiger charge is -2.36. The molecule has 1 aromatic carbocycles. The lowest BCUT2D eigenvalue weighted by molar-refractivity contribution is -0.138. The standard InChI is InChI=1S/C22H20FN3O3S/c23-17-8-2-1-6-15(17)12-19-21(28)26(22(29)30-19)14-20(27)25-11-4-3-9-18(25)16-7-5-10-24-13-16/h1-2,5-8,10,12-13,18H,3-4,9,11,14H2. The molecule has 2 aromatic rings. The van der Waals surface area contributed by atoms with Gasteiger partial charge in [0.1, 0.15) is 12.4 Å². The molecular formula is C22H20FN3O3S. The van der Waals surface area contributed by atoms with Crippen LogP contribution in [0.1, 0.15) is 36.4 Å². The molecule has 0 aliphatic carbocycles. The second kappa shape index (κ2) is 8.79. The zero-order valence-corrected chi connectivity index (χ0v) is 17.0. The topological polar surface area (TPSA) is 70.6 Å². The molecule has 8 heteroatoms. The molecule has 154 valence electrons. The molecule has 1 atom stereocenters. The van der Waals surface area contributed by atoms with Crippen LogP contribution in [0.15, 0.2) is 53.7 Å². The number of halogens is 1. The second-order valence-corrected chi connectivity index (χ2v) is 8.17. The van der Waals surface area contributed by atoms with Crippen molar-refractivity contribution in [2.75, 3.05) is 13.1 Å². The first kappa shape index (κ1) is 20.3. The lowest BCUT2D eigenvalue weighted by Crippen LogP contribution is -2.45. The third-order valence-electron chi connectivity index (χ3n) is 5.25. The van der Waals surface area contributed by atoms with Gasteiger partial charge in [-0.05, 0) is 54.8 Å². The van der Waals surface area contributed by atoms with Crippen molar-refractivity contribution in [2.45, 2.75) is 25.3 Å². The largest absolute Gasteiger partial charge is 0.334 e. The van der Waals surface area contributed by atoms with Crippen molar-refractivity contribution in [3.8, 4) is 0 Å². The van der Waals surface area contributed by atoms with Crippen LogP contribution >= 0.6 is 11.8 Å². The Morgan fingerprint density at radius 2 is 2.03 bits per heavy atom. The minimum absolute atomic E-state index is 0.111. The van der Waals surface area contributed by atoms with Crippen LogP contribution in [0.25, 0.3) is 6.08 Å². The van der Waals surface area contributed by atoms with E-state index in [-0.39, 0.29) is 29.0 Å². The Balaban J connectivity index is 1.50. The Morgan fingerprint density at radius 3 is 2.80 bits per heavy atom. The van der Waals surface area contributed by atoms with E-state index in [0.29, 0.717) is 6.54 Å². The maximum atomic E-state index is 13.9. The summed E-state index contributed by atoms with van der Waals surface area (Å²) in [5.74, 6) is -1.33. The van der Waals surface area contributed by atoms with Gasteiger partial charge in [-0.25, -0.2) is 4.39 Å². The molecule has 3 amide bonds. The monoisotopic (exact) mass is 425 g/mol. The Morgan fingerprint density at radius 1 is 1.20 bits per heavy atom. The van der Waals surface area contributed by atoms with E-state index < -0.39 is 17.0 Å². The molecule has 6 nitrogen and oxygen atoms in total. The molecule has 30 heavy (non-hydrogen) atoms. The maximum absolute atomic E-state index is 13.9. The van der Waals surface area contributed by atoms with E-state index in [0.717, 1.165) is 41.5 Å². The van der Waals surface area contributed by atoms with Crippen LogP contribution in [0, 0.1) is 5.82 Å². The van der Waals surface area contributed by atoms with Crippen LogP contribution in [0.2, 0.25) is 0 Å². The number of nitrogens with zero attached hydrogens (tertiary/aromatic N) is 3. The third-order valence-corrected chi connectivity index (χ3v) is 6.16. The molecule has 0 spiro atoms. The highest BCUT2D eigenvalue weighted by Crippen LogP contribution is 2.34. The molecule has 0 radical (unpaired) electrons. The van der Waals surface area contributed by atoms with Crippen LogP contribution in [0.4, 0.5) is 9.18 Å². The molecule has 0 N–H and O–H groups in total. The van der Waals surface area contributed by atoms with Gasteiger partial charge in [0.05, 0.1) is 10.9 Å². The fourth-order valence-electron chi connectivity index (χ4n) is 3.75. The van der Waals surface area contributed by atoms with Crippen LogP contribution in [-0.4, -0.2) is 44.9 Å². The second-order valence-electron chi connectivity index (χ2n) is 7.17.